The molecule has 6 heteroatoms. The van der Waals surface area contributed by atoms with Gasteiger partial charge in [0.25, 0.3) is 0 Å². The molecule has 0 radical (unpaired) electrons. The van der Waals surface area contributed by atoms with Crippen LogP contribution in [0.1, 0.15) is 39.7 Å². The van der Waals surface area contributed by atoms with Gasteiger partial charge >= 0.3 is 5.97 Å². The molecule has 0 bridgehead atoms. The summed E-state index contributed by atoms with van der Waals surface area (Å²) in [5.74, 6) is -0.827. The van der Waals surface area contributed by atoms with Crippen LogP contribution < -0.4 is 5.32 Å². The van der Waals surface area contributed by atoms with Gasteiger partial charge in [0.2, 0.25) is 0 Å². The minimum absolute atomic E-state index is 0.302. The number of methoxy groups -OCH3 is 1. The second kappa shape index (κ2) is 7.76. The second-order valence-corrected chi connectivity index (χ2v) is 8.74. The number of carbonyl (C=O) groups is 1. The summed E-state index contributed by atoms with van der Waals surface area (Å²) in [7, 11) is -0.128. The number of aryl methyl sites for hydroxylation is 1. The molecule has 0 saturated heterocycles. The molecule has 1 aromatic rings. The van der Waals surface area contributed by atoms with Gasteiger partial charge in [-0.1, -0.05) is 24.6 Å². The Kier molecular flexibility index (Phi) is 6.09. The molecular weight excluding hydrogens is 350 g/mol. The average Bonchev–Trinajstić information content (AvgIpc) is 2.53. The number of esters is 1. The van der Waals surface area contributed by atoms with Crippen molar-refractivity contribution < 1.29 is 18.8 Å². The fraction of sp³-hybridized carbons (Fsp3) is 0.450. The molecule has 26 heavy (non-hydrogen) atoms. The maximum atomic E-state index is 13.3. The number of benzene rings is 1. The van der Waals surface area contributed by atoms with E-state index < -0.39 is 22.4 Å². The quantitative estimate of drug-likeness (QED) is 0.771. The monoisotopic (exact) mass is 377 g/mol. The number of hydrogen-bond donors (Lipinski definition) is 2. The molecule has 0 spiro atoms. The third-order valence-corrected chi connectivity index (χ3v) is 6.02. The zero-order valence-corrected chi connectivity index (χ0v) is 17.0. The van der Waals surface area contributed by atoms with Crippen molar-refractivity contribution in [2.45, 2.75) is 51.5 Å². The van der Waals surface area contributed by atoms with E-state index in [1.165, 1.54) is 7.11 Å². The van der Waals surface area contributed by atoms with Gasteiger partial charge in [0.1, 0.15) is 0 Å². The number of carbonyl (C=O) groups excluding carboxylic acids is 1. The van der Waals surface area contributed by atoms with Crippen molar-refractivity contribution in [3.05, 3.63) is 51.7 Å². The van der Waals surface area contributed by atoms with Crippen LogP contribution in [0.4, 0.5) is 0 Å². The Morgan fingerprint density at radius 1 is 1.27 bits per heavy atom. The zero-order chi connectivity index (χ0) is 19.6. The number of allylic oxidation sites excluding steroid dienone is 2. The van der Waals surface area contributed by atoms with E-state index in [1.807, 2.05) is 38.1 Å². The lowest BCUT2D eigenvalue weighted by Gasteiger charge is -2.32. The van der Waals surface area contributed by atoms with Crippen molar-refractivity contribution in [2.24, 2.45) is 5.92 Å². The summed E-state index contributed by atoms with van der Waals surface area (Å²) in [6.45, 7) is 9.01. The first-order valence-electron chi connectivity index (χ1n) is 8.55. The maximum absolute atomic E-state index is 13.3. The van der Waals surface area contributed by atoms with Crippen LogP contribution in [0.25, 0.3) is 0 Å². The molecule has 2 rings (SSSR count). The summed E-state index contributed by atoms with van der Waals surface area (Å²) in [6, 6.07) is 7.48. The topological polar surface area (TPSA) is 75.6 Å². The number of dihydropyridines is 1. The van der Waals surface area contributed by atoms with E-state index in [4.69, 9.17) is 4.74 Å². The Morgan fingerprint density at radius 2 is 1.85 bits per heavy atom. The van der Waals surface area contributed by atoms with Gasteiger partial charge in [0.05, 0.1) is 29.1 Å². The minimum atomic E-state index is -1.46. The molecule has 1 aromatic carbocycles. The van der Waals surface area contributed by atoms with Crippen LogP contribution in [0.15, 0.2) is 51.0 Å². The minimum Gasteiger partial charge on any atom is -0.466 e. The molecule has 0 unspecified atom stereocenters. The van der Waals surface area contributed by atoms with Crippen molar-refractivity contribution in [3.8, 4) is 0 Å². The molecule has 2 N–H and O–H groups in total. The van der Waals surface area contributed by atoms with Gasteiger partial charge in [-0.3, -0.25) is 0 Å². The third-order valence-electron chi connectivity index (χ3n) is 4.32. The van der Waals surface area contributed by atoms with Gasteiger partial charge < -0.3 is 15.2 Å². The lowest BCUT2D eigenvalue weighted by atomic mass is 9.91. The van der Waals surface area contributed by atoms with Gasteiger partial charge in [-0.25, -0.2) is 9.00 Å². The van der Waals surface area contributed by atoms with Crippen molar-refractivity contribution in [2.75, 3.05) is 7.11 Å². The van der Waals surface area contributed by atoms with E-state index in [9.17, 15) is 14.1 Å². The van der Waals surface area contributed by atoms with E-state index in [0.717, 1.165) is 5.56 Å². The molecule has 1 aliphatic rings. The smallest absolute Gasteiger partial charge is 0.336 e. The molecule has 0 amide bonds. The highest BCUT2D eigenvalue weighted by molar-refractivity contribution is 7.89. The predicted octanol–water partition coefficient (Wildman–Crippen LogP) is 3.16. The highest BCUT2D eigenvalue weighted by Gasteiger charge is 2.35. The van der Waals surface area contributed by atoms with Crippen molar-refractivity contribution in [1.82, 2.24) is 5.32 Å². The zero-order valence-electron chi connectivity index (χ0n) is 16.2. The van der Waals surface area contributed by atoms with Crippen molar-refractivity contribution >= 4 is 16.8 Å². The molecule has 0 aliphatic carbocycles. The van der Waals surface area contributed by atoms with Gasteiger partial charge in [-0.2, -0.15) is 0 Å². The summed E-state index contributed by atoms with van der Waals surface area (Å²) >= 11 is 0. The molecule has 142 valence electrons. The number of rotatable bonds is 5. The maximum Gasteiger partial charge on any atom is 0.336 e. The molecular formula is C20H27NO4S. The first-order chi connectivity index (χ1) is 12.0. The average molecular weight is 378 g/mol. The summed E-state index contributed by atoms with van der Waals surface area (Å²) < 4.78 is 18.2. The van der Waals surface area contributed by atoms with Gasteiger partial charge in [-0.05, 0) is 39.8 Å². The highest BCUT2D eigenvalue weighted by atomic mass is 32.2. The summed E-state index contributed by atoms with van der Waals surface area (Å²) in [4.78, 5) is 13.5. The number of ether oxygens (including phenoxy) is 1. The number of hydrogen-bond acceptors (Lipinski definition) is 5. The second-order valence-electron chi connectivity index (χ2n) is 7.29. The molecule has 0 aromatic heterocycles. The summed E-state index contributed by atoms with van der Waals surface area (Å²) in [5.41, 5.74) is 1.91. The standard InChI is InChI=1S/C20H27NO4S/c1-12-7-9-15(10-8-12)26(24)18-13(2)17(19(22)25-6)14(3)21-16(18)11-20(4,5)23/h7-10,13,21,23H,11H2,1-6H3/t13-,26+/m1/s1. The van der Waals surface area contributed by atoms with E-state index in [1.54, 1.807) is 20.8 Å². The first-order valence-corrected chi connectivity index (χ1v) is 9.70. The summed E-state index contributed by atoms with van der Waals surface area (Å²) in [5, 5.41) is 13.5. The van der Waals surface area contributed by atoms with Crippen LogP contribution in [0.2, 0.25) is 0 Å². The molecule has 1 aliphatic heterocycles. The highest BCUT2D eigenvalue weighted by Crippen LogP contribution is 2.36. The normalized spacial score (nSPS) is 19.3. The number of nitrogens with one attached hydrogen (secondary N) is 1. The largest absolute Gasteiger partial charge is 0.466 e. The van der Waals surface area contributed by atoms with Crippen LogP contribution in [-0.2, 0) is 20.3 Å². The van der Waals surface area contributed by atoms with Gasteiger partial charge in [-0.15, -0.1) is 0 Å². The van der Waals surface area contributed by atoms with Crippen molar-refractivity contribution in [1.29, 1.82) is 0 Å². The predicted molar refractivity (Wildman–Crippen MR) is 103 cm³/mol. The van der Waals surface area contributed by atoms with E-state index in [-0.39, 0.29) is 5.92 Å². The third kappa shape index (κ3) is 4.43. The van der Waals surface area contributed by atoms with E-state index in [2.05, 4.69) is 5.32 Å². The van der Waals surface area contributed by atoms with Crippen LogP contribution >= 0.6 is 0 Å². The Hall–Kier alpha value is -1.92. The molecule has 0 fully saturated rings. The van der Waals surface area contributed by atoms with Crippen LogP contribution in [0, 0.1) is 12.8 Å². The van der Waals surface area contributed by atoms with Gasteiger partial charge in [0.15, 0.2) is 0 Å². The Bertz CT molecular complexity index is 785. The Labute approximate surface area is 157 Å². The Morgan fingerprint density at radius 3 is 2.35 bits per heavy atom. The van der Waals surface area contributed by atoms with Crippen LogP contribution in [0.5, 0.6) is 0 Å². The molecule has 0 saturated carbocycles. The van der Waals surface area contributed by atoms with Gasteiger partial charge in [0, 0.05) is 33.5 Å². The fourth-order valence-corrected chi connectivity index (χ4v) is 4.56. The Balaban J connectivity index is 2.55. The molecule has 1 heterocycles. The van der Waals surface area contributed by atoms with E-state index >= 15 is 0 Å². The first kappa shape index (κ1) is 20.4. The molecule has 5 nitrogen and oxygen atoms in total. The lowest BCUT2D eigenvalue weighted by Crippen LogP contribution is -2.34. The number of aliphatic hydroxyl groups is 1. The molecule has 2 atom stereocenters. The summed E-state index contributed by atoms with van der Waals surface area (Å²) in [6.07, 6.45) is 0.302. The lowest BCUT2D eigenvalue weighted by molar-refractivity contribution is -0.136. The van der Waals surface area contributed by atoms with E-state index in [0.29, 0.717) is 33.2 Å². The fourth-order valence-electron chi connectivity index (χ4n) is 3.14. The van der Waals surface area contributed by atoms with Crippen molar-refractivity contribution in [3.63, 3.8) is 0 Å². The SMILES string of the molecule is COC(=O)C1=C(C)NC(CC(C)(C)O)=C([S@@](=O)c2ccc(C)cc2)[C@@H]1C. The van der Waals surface area contributed by atoms with Crippen LogP contribution in [-0.4, -0.2) is 28.0 Å². The van der Waals surface area contributed by atoms with Crippen LogP contribution in [0.3, 0.4) is 0 Å².